The highest BCUT2D eigenvalue weighted by atomic mass is 32.2. The zero-order valence-electron chi connectivity index (χ0n) is 15.9. The number of aryl methyl sites for hydroxylation is 2. The Balaban J connectivity index is 2.04. The third-order valence-corrected chi connectivity index (χ3v) is 6.41. The van der Waals surface area contributed by atoms with E-state index in [4.69, 9.17) is 4.74 Å². The molecule has 27 heavy (non-hydrogen) atoms. The van der Waals surface area contributed by atoms with Gasteiger partial charge in [-0.15, -0.1) is 0 Å². The van der Waals surface area contributed by atoms with Crippen molar-refractivity contribution in [1.82, 2.24) is 14.5 Å². The van der Waals surface area contributed by atoms with Gasteiger partial charge in [0.25, 0.3) is 5.56 Å². The first-order valence-electron chi connectivity index (χ1n) is 9.20. The Kier molecular flexibility index (Phi) is 5.64. The minimum atomic E-state index is -3.24. The van der Waals surface area contributed by atoms with Crippen LogP contribution in [-0.4, -0.2) is 34.8 Å². The summed E-state index contributed by atoms with van der Waals surface area (Å²) < 4.78 is 31.6. The lowest BCUT2D eigenvalue weighted by Crippen LogP contribution is -2.19. The molecule has 0 aromatic carbocycles. The molecular weight excluding hydrogens is 366 g/mol. The van der Waals surface area contributed by atoms with E-state index in [1.54, 1.807) is 39.2 Å². The van der Waals surface area contributed by atoms with Gasteiger partial charge in [0.15, 0.2) is 9.84 Å². The van der Waals surface area contributed by atoms with Crippen LogP contribution in [0, 0.1) is 6.92 Å². The van der Waals surface area contributed by atoms with Crippen LogP contribution in [0.15, 0.2) is 23.1 Å². The topological polar surface area (TPSA) is 91.2 Å². The lowest BCUT2D eigenvalue weighted by atomic mass is 10.1. The minimum absolute atomic E-state index is 0.0457. The van der Waals surface area contributed by atoms with E-state index < -0.39 is 9.84 Å². The van der Waals surface area contributed by atoms with Crippen LogP contribution in [0.2, 0.25) is 0 Å². The summed E-state index contributed by atoms with van der Waals surface area (Å²) in [5.41, 5.74) is 2.20. The van der Waals surface area contributed by atoms with Crippen LogP contribution in [0.4, 0.5) is 0 Å². The van der Waals surface area contributed by atoms with E-state index in [0.29, 0.717) is 17.0 Å². The molecule has 0 radical (unpaired) electrons. The molecule has 0 spiro atoms. The number of pyridine rings is 1. The minimum Gasteiger partial charge on any atom is -0.460 e. The van der Waals surface area contributed by atoms with Gasteiger partial charge in [-0.1, -0.05) is 6.92 Å². The first-order chi connectivity index (χ1) is 12.8. The van der Waals surface area contributed by atoms with Gasteiger partial charge in [-0.25, -0.2) is 8.42 Å². The fraction of sp³-hybridized carbons (Fsp3) is 0.526. The van der Waals surface area contributed by atoms with Crippen molar-refractivity contribution in [3.8, 4) is 17.3 Å². The molecule has 0 unspecified atom stereocenters. The highest BCUT2D eigenvalue weighted by Crippen LogP contribution is 2.25. The zero-order chi connectivity index (χ0) is 19.6. The van der Waals surface area contributed by atoms with Gasteiger partial charge in [-0.3, -0.25) is 4.79 Å². The van der Waals surface area contributed by atoms with Gasteiger partial charge in [0.05, 0.1) is 17.1 Å². The van der Waals surface area contributed by atoms with Crippen molar-refractivity contribution in [2.45, 2.75) is 51.4 Å². The van der Waals surface area contributed by atoms with Crippen molar-refractivity contribution in [3.05, 3.63) is 39.9 Å². The van der Waals surface area contributed by atoms with Crippen molar-refractivity contribution in [2.75, 3.05) is 5.75 Å². The smallest absolute Gasteiger partial charge is 0.317 e. The van der Waals surface area contributed by atoms with Crippen molar-refractivity contribution in [3.63, 3.8) is 0 Å². The van der Waals surface area contributed by atoms with Gasteiger partial charge in [-0.05, 0) is 44.7 Å². The first-order valence-corrected chi connectivity index (χ1v) is 11.0. The average Bonchev–Trinajstić information content (AvgIpc) is 3.11. The SMILES string of the molecule is CCS(=O)(=O)Cc1cc(-c2cc(C)c(=O)n(C)c2)nc(OC2CCCC2)n1. The Morgan fingerprint density at radius 3 is 2.56 bits per heavy atom. The summed E-state index contributed by atoms with van der Waals surface area (Å²) in [7, 11) is -1.56. The fourth-order valence-electron chi connectivity index (χ4n) is 3.25. The van der Waals surface area contributed by atoms with Crippen molar-refractivity contribution in [1.29, 1.82) is 0 Å². The van der Waals surface area contributed by atoms with E-state index in [1.807, 2.05) is 0 Å². The average molecular weight is 391 g/mol. The molecule has 0 saturated heterocycles. The summed E-state index contributed by atoms with van der Waals surface area (Å²) in [6.07, 6.45) is 5.89. The highest BCUT2D eigenvalue weighted by Gasteiger charge is 2.20. The van der Waals surface area contributed by atoms with E-state index in [0.717, 1.165) is 31.2 Å². The van der Waals surface area contributed by atoms with E-state index in [9.17, 15) is 13.2 Å². The zero-order valence-corrected chi connectivity index (χ0v) is 16.8. The summed E-state index contributed by atoms with van der Waals surface area (Å²) in [6, 6.07) is 3.61. The van der Waals surface area contributed by atoms with Crippen LogP contribution in [0.25, 0.3) is 11.3 Å². The second kappa shape index (κ2) is 7.80. The van der Waals surface area contributed by atoms with E-state index in [1.165, 1.54) is 4.57 Å². The molecule has 1 aliphatic rings. The number of sulfone groups is 1. The third kappa shape index (κ3) is 4.74. The summed E-state index contributed by atoms with van der Waals surface area (Å²) in [4.78, 5) is 20.8. The lowest BCUT2D eigenvalue weighted by molar-refractivity contribution is 0.192. The van der Waals surface area contributed by atoms with Gasteiger partial charge in [-0.2, -0.15) is 9.97 Å². The standard InChI is InChI=1S/C19H25N3O4S/c1-4-27(24,25)12-15-10-17(14-9-13(2)18(23)22(3)11-14)21-19(20-15)26-16-7-5-6-8-16/h9-11,16H,4-8,12H2,1-3H3. The molecule has 0 N–H and O–H groups in total. The largest absolute Gasteiger partial charge is 0.460 e. The van der Waals surface area contributed by atoms with Crippen molar-refractivity contribution < 1.29 is 13.2 Å². The number of hydrogen-bond donors (Lipinski definition) is 0. The Labute approximate surface area is 159 Å². The predicted octanol–water partition coefficient (Wildman–Crippen LogP) is 2.41. The molecule has 146 valence electrons. The third-order valence-electron chi connectivity index (χ3n) is 4.80. The molecule has 0 aliphatic heterocycles. The molecule has 1 aliphatic carbocycles. The summed E-state index contributed by atoms with van der Waals surface area (Å²) in [5, 5.41) is 0. The molecule has 8 heteroatoms. The van der Waals surface area contributed by atoms with Gasteiger partial charge >= 0.3 is 6.01 Å². The number of hydrogen-bond acceptors (Lipinski definition) is 6. The maximum atomic E-state index is 12.1. The monoisotopic (exact) mass is 391 g/mol. The Morgan fingerprint density at radius 2 is 1.93 bits per heavy atom. The Bertz CT molecular complexity index is 966. The quantitative estimate of drug-likeness (QED) is 0.751. The highest BCUT2D eigenvalue weighted by molar-refractivity contribution is 7.90. The number of rotatable bonds is 6. The molecule has 2 aromatic heterocycles. The van der Waals surface area contributed by atoms with Crippen LogP contribution in [-0.2, 0) is 22.6 Å². The summed E-state index contributed by atoms with van der Waals surface area (Å²) >= 11 is 0. The van der Waals surface area contributed by atoms with Crippen molar-refractivity contribution >= 4 is 9.84 Å². The molecule has 1 saturated carbocycles. The molecule has 1 fully saturated rings. The fourth-order valence-corrected chi connectivity index (χ4v) is 4.05. The lowest BCUT2D eigenvalue weighted by Gasteiger charge is -2.14. The van der Waals surface area contributed by atoms with Gasteiger partial charge in [0.2, 0.25) is 0 Å². The van der Waals surface area contributed by atoms with Crippen LogP contribution in [0.1, 0.15) is 43.9 Å². The molecule has 3 rings (SSSR count). The van der Waals surface area contributed by atoms with Crippen LogP contribution >= 0.6 is 0 Å². The molecule has 0 bridgehead atoms. The van der Waals surface area contributed by atoms with Gasteiger partial charge in [0.1, 0.15) is 6.10 Å². The van der Waals surface area contributed by atoms with E-state index in [2.05, 4.69) is 9.97 Å². The maximum Gasteiger partial charge on any atom is 0.317 e. The number of aromatic nitrogens is 3. The second-order valence-corrected chi connectivity index (χ2v) is 9.41. The Morgan fingerprint density at radius 1 is 1.22 bits per heavy atom. The number of ether oxygens (including phenoxy) is 1. The first kappa shape index (κ1) is 19.5. The van der Waals surface area contributed by atoms with E-state index in [-0.39, 0.29) is 29.2 Å². The van der Waals surface area contributed by atoms with Crippen LogP contribution < -0.4 is 10.3 Å². The second-order valence-electron chi connectivity index (χ2n) is 7.06. The van der Waals surface area contributed by atoms with Crippen LogP contribution in [0.3, 0.4) is 0 Å². The van der Waals surface area contributed by atoms with Crippen LogP contribution in [0.5, 0.6) is 6.01 Å². The molecule has 2 heterocycles. The molecule has 0 amide bonds. The summed E-state index contributed by atoms with van der Waals surface area (Å²) in [5.74, 6) is -0.116. The molecule has 2 aromatic rings. The maximum absolute atomic E-state index is 12.1. The molecule has 0 atom stereocenters. The molecular formula is C19H25N3O4S. The number of nitrogens with zero attached hydrogens (tertiary/aromatic N) is 3. The van der Waals surface area contributed by atoms with Gasteiger partial charge in [0, 0.05) is 30.1 Å². The normalized spacial score (nSPS) is 15.2. The Hall–Kier alpha value is -2.22. The van der Waals surface area contributed by atoms with E-state index >= 15 is 0 Å². The molecule has 7 nitrogen and oxygen atoms in total. The van der Waals surface area contributed by atoms with Gasteiger partial charge < -0.3 is 9.30 Å². The van der Waals surface area contributed by atoms with Crippen molar-refractivity contribution in [2.24, 2.45) is 7.05 Å². The summed E-state index contributed by atoms with van der Waals surface area (Å²) in [6.45, 7) is 3.36. The predicted molar refractivity (Wildman–Crippen MR) is 103 cm³/mol.